The molecule has 1 aliphatic heterocycles. The summed E-state index contributed by atoms with van der Waals surface area (Å²) in [7, 11) is 0. The third-order valence-electron chi connectivity index (χ3n) is 2.66. The molecule has 0 spiro atoms. The highest BCUT2D eigenvalue weighted by Gasteiger charge is 2.29. The molecule has 2 unspecified atom stereocenters. The van der Waals surface area contributed by atoms with Crippen molar-refractivity contribution in [1.82, 2.24) is 0 Å². The van der Waals surface area contributed by atoms with Crippen LogP contribution in [0.3, 0.4) is 0 Å². The molecule has 3 atom stereocenters. The van der Waals surface area contributed by atoms with Crippen molar-refractivity contribution in [2.45, 2.75) is 17.7 Å². The number of aliphatic carboxylic acids is 1. The maximum atomic E-state index is 10.7. The monoisotopic (exact) mass is 223 g/mol. The zero-order chi connectivity index (χ0) is 10.8. The van der Waals surface area contributed by atoms with Crippen molar-refractivity contribution in [1.29, 1.82) is 0 Å². The molecule has 3 N–H and O–H groups in total. The van der Waals surface area contributed by atoms with Gasteiger partial charge < -0.3 is 10.8 Å². The summed E-state index contributed by atoms with van der Waals surface area (Å²) in [6, 6.07) is -0.782. The second kappa shape index (κ2) is 4.24. The first kappa shape index (κ1) is 10.5. The predicted molar refractivity (Wildman–Crippen MR) is 61.5 cm³/mol. The lowest BCUT2D eigenvalue weighted by atomic mass is 9.89. The fourth-order valence-electron chi connectivity index (χ4n) is 1.82. The van der Waals surface area contributed by atoms with Gasteiger partial charge in [0.15, 0.2) is 0 Å². The average molecular weight is 223 g/mol. The van der Waals surface area contributed by atoms with Crippen LogP contribution in [0.2, 0.25) is 0 Å². The van der Waals surface area contributed by atoms with Crippen molar-refractivity contribution in [3.8, 4) is 0 Å². The van der Waals surface area contributed by atoms with Crippen LogP contribution in [0.4, 0.5) is 0 Å². The number of allylic oxidation sites excluding steroid dienone is 3. The number of nitrogens with two attached hydrogens (primary N) is 1. The molecule has 0 fully saturated rings. The van der Waals surface area contributed by atoms with E-state index in [0.29, 0.717) is 17.6 Å². The first-order valence-electron chi connectivity index (χ1n) is 4.86. The molecule has 0 radical (unpaired) electrons. The first-order valence-corrected chi connectivity index (χ1v) is 5.80. The van der Waals surface area contributed by atoms with Gasteiger partial charge in [0.2, 0.25) is 0 Å². The largest absolute Gasteiger partial charge is 0.480 e. The smallest absolute Gasteiger partial charge is 0.320 e. The lowest BCUT2D eigenvalue weighted by Gasteiger charge is -2.19. The lowest BCUT2D eigenvalue weighted by Crippen LogP contribution is -2.31. The van der Waals surface area contributed by atoms with Gasteiger partial charge in [0.25, 0.3) is 0 Å². The number of hydrogen-bond acceptors (Lipinski definition) is 3. The van der Waals surface area contributed by atoms with Gasteiger partial charge in [0.1, 0.15) is 6.04 Å². The van der Waals surface area contributed by atoms with Gasteiger partial charge in [-0.1, -0.05) is 29.9 Å². The zero-order valence-electron chi connectivity index (χ0n) is 8.17. The van der Waals surface area contributed by atoms with Gasteiger partial charge in [-0.25, -0.2) is 0 Å². The minimum atomic E-state index is -0.931. The van der Waals surface area contributed by atoms with Gasteiger partial charge in [0.05, 0.1) is 0 Å². The topological polar surface area (TPSA) is 63.3 Å². The Morgan fingerprint density at radius 3 is 3.00 bits per heavy atom. The molecule has 0 aromatic rings. The van der Waals surface area contributed by atoms with E-state index in [4.69, 9.17) is 10.8 Å². The standard InChI is InChI=1S/C11H13NO2S/c12-9(11(13)14)5-7-6-15-10-4-2-1-3-8(7)10/h1-4,6,8-10H,5,12H2,(H,13,14)/t8?,9-,10?/m0/s1. The summed E-state index contributed by atoms with van der Waals surface area (Å²) in [5, 5.41) is 11.2. The van der Waals surface area contributed by atoms with E-state index < -0.39 is 12.0 Å². The summed E-state index contributed by atoms with van der Waals surface area (Å²) < 4.78 is 0. The molecule has 1 heterocycles. The summed E-state index contributed by atoms with van der Waals surface area (Å²) in [6.45, 7) is 0. The van der Waals surface area contributed by atoms with Gasteiger partial charge in [-0.3, -0.25) is 4.79 Å². The van der Waals surface area contributed by atoms with E-state index in [9.17, 15) is 4.79 Å². The molecular formula is C11H13NO2S. The van der Waals surface area contributed by atoms with Crippen molar-refractivity contribution in [2.75, 3.05) is 0 Å². The van der Waals surface area contributed by atoms with Crippen LogP contribution in [0.5, 0.6) is 0 Å². The summed E-state index contributed by atoms with van der Waals surface area (Å²) in [4.78, 5) is 10.7. The Bertz CT molecular complexity index is 360. The molecule has 0 saturated carbocycles. The Labute approximate surface area is 92.7 Å². The number of rotatable bonds is 3. The molecule has 1 aliphatic carbocycles. The van der Waals surface area contributed by atoms with E-state index in [1.54, 1.807) is 11.8 Å². The molecule has 0 bridgehead atoms. The van der Waals surface area contributed by atoms with E-state index in [1.807, 2.05) is 12.2 Å². The molecule has 0 aromatic carbocycles. The highest BCUT2D eigenvalue weighted by atomic mass is 32.2. The maximum absolute atomic E-state index is 10.7. The Balaban J connectivity index is 2.03. The fourth-order valence-corrected chi connectivity index (χ4v) is 3.02. The first-order chi connectivity index (χ1) is 7.18. The molecule has 0 amide bonds. The van der Waals surface area contributed by atoms with Gasteiger partial charge in [-0.15, -0.1) is 11.8 Å². The van der Waals surface area contributed by atoms with Gasteiger partial charge in [-0.05, 0) is 11.8 Å². The molecule has 2 aliphatic rings. The number of thioether (sulfide) groups is 1. The third kappa shape index (κ3) is 2.16. The zero-order valence-corrected chi connectivity index (χ0v) is 8.98. The maximum Gasteiger partial charge on any atom is 0.320 e. The fraction of sp³-hybridized carbons (Fsp3) is 0.364. The Hall–Kier alpha value is -1.00. The highest BCUT2D eigenvalue weighted by molar-refractivity contribution is 8.03. The SMILES string of the molecule is N[C@@H](CC1=CSC2C=CC=CC12)C(=O)O. The van der Waals surface area contributed by atoms with Crippen LogP contribution in [-0.2, 0) is 4.79 Å². The van der Waals surface area contributed by atoms with Gasteiger partial charge >= 0.3 is 5.97 Å². The summed E-state index contributed by atoms with van der Waals surface area (Å²) in [5.74, 6) is -0.593. The van der Waals surface area contributed by atoms with Crippen LogP contribution in [0.15, 0.2) is 35.3 Å². The van der Waals surface area contributed by atoms with Gasteiger partial charge in [-0.2, -0.15) is 0 Å². The third-order valence-corrected chi connectivity index (χ3v) is 3.87. The number of carboxylic acid groups (broad SMARTS) is 1. The molecule has 4 heteroatoms. The molecule has 80 valence electrons. The lowest BCUT2D eigenvalue weighted by molar-refractivity contribution is -0.138. The van der Waals surface area contributed by atoms with Crippen LogP contribution < -0.4 is 5.73 Å². The second-order valence-corrected chi connectivity index (χ2v) is 4.79. The number of carbonyl (C=O) groups is 1. The van der Waals surface area contributed by atoms with E-state index in [1.165, 1.54) is 0 Å². The average Bonchev–Trinajstić information content (AvgIpc) is 2.62. The highest BCUT2D eigenvalue weighted by Crippen LogP contribution is 2.40. The Morgan fingerprint density at radius 1 is 1.53 bits per heavy atom. The molecule has 0 aromatic heterocycles. The van der Waals surface area contributed by atoms with Crippen LogP contribution in [0.1, 0.15) is 6.42 Å². The minimum absolute atomic E-state index is 0.338. The minimum Gasteiger partial charge on any atom is -0.480 e. The van der Waals surface area contributed by atoms with Crippen molar-refractivity contribution in [3.05, 3.63) is 35.3 Å². The van der Waals surface area contributed by atoms with Crippen LogP contribution in [-0.4, -0.2) is 22.4 Å². The van der Waals surface area contributed by atoms with Crippen molar-refractivity contribution >= 4 is 17.7 Å². The molecular weight excluding hydrogens is 210 g/mol. The van der Waals surface area contributed by atoms with E-state index in [2.05, 4.69) is 17.6 Å². The van der Waals surface area contributed by atoms with Crippen LogP contribution in [0.25, 0.3) is 0 Å². The Kier molecular flexibility index (Phi) is 2.98. The summed E-state index contributed by atoms with van der Waals surface area (Å²) in [6.07, 6.45) is 8.74. The number of fused-ring (bicyclic) bond motifs is 1. The molecule has 3 nitrogen and oxygen atoms in total. The summed E-state index contributed by atoms with van der Waals surface area (Å²) >= 11 is 1.74. The normalized spacial score (nSPS) is 29.8. The van der Waals surface area contributed by atoms with E-state index >= 15 is 0 Å². The predicted octanol–water partition coefficient (Wildman–Crippen LogP) is 1.53. The quantitative estimate of drug-likeness (QED) is 0.761. The van der Waals surface area contributed by atoms with Crippen LogP contribution >= 0.6 is 11.8 Å². The summed E-state index contributed by atoms with van der Waals surface area (Å²) in [5.41, 5.74) is 6.67. The van der Waals surface area contributed by atoms with Crippen molar-refractivity contribution in [3.63, 3.8) is 0 Å². The molecule has 0 saturated heterocycles. The van der Waals surface area contributed by atoms with E-state index in [0.717, 1.165) is 5.57 Å². The number of carboxylic acids is 1. The molecule has 2 rings (SSSR count). The second-order valence-electron chi connectivity index (χ2n) is 3.74. The van der Waals surface area contributed by atoms with Crippen molar-refractivity contribution in [2.24, 2.45) is 11.7 Å². The Morgan fingerprint density at radius 2 is 2.27 bits per heavy atom. The van der Waals surface area contributed by atoms with Gasteiger partial charge in [0, 0.05) is 11.2 Å². The van der Waals surface area contributed by atoms with E-state index in [-0.39, 0.29) is 0 Å². The molecule has 15 heavy (non-hydrogen) atoms. The van der Waals surface area contributed by atoms with Crippen molar-refractivity contribution < 1.29 is 9.90 Å². The van der Waals surface area contributed by atoms with Crippen LogP contribution in [0, 0.1) is 5.92 Å². The number of hydrogen-bond donors (Lipinski definition) is 2.